The lowest BCUT2D eigenvalue weighted by Crippen LogP contribution is -2.38. The van der Waals surface area contributed by atoms with E-state index < -0.39 is 0 Å². The highest BCUT2D eigenvalue weighted by Gasteiger charge is 2.36. The number of fused-ring (bicyclic) bond motifs is 5. The van der Waals surface area contributed by atoms with E-state index in [1.54, 1.807) is 0 Å². The first kappa shape index (κ1) is 21.2. The van der Waals surface area contributed by atoms with Crippen LogP contribution < -0.4 is 5.32 Å². The summed E-state index contributed by atoms with van der Waals surface area (Å²) in [7, 11) is 0. The number of nitrogens with zero attached hydrogens (tertiary/aromatic N) is 2. The van der Waals surface area contributed by atoms with Gasteiger partial charge in [0.25, 0.3) is 0 Å². The smallest absolute Gasteiger partial charge is 0.310 e. The van der Waals surface area contributed by atoms with E-state index in [9.17, 15) is 4.79 Å². The van der Waals surface area contributed by atoms with Gasteiger partial charge in [-0.15, -0.1) is 11.3 Å². The molecule has 2 amide bonds. The maximum atomic E-state index is 14.0. The Morgan fingerprint density at radius 3 is 2.50 bits per heavy atom. The average molecular weight is 468 g/mol. The Labute approximate surface area is 204 Å². The molecule has 3 heterocycles. The Balaban J connectivity index is 1.49. The molecule has 0 radical (unpaired) electrons. The van der Waals surface area contributed by atoms with Gasteiger partial charge in [0.1, 0.15) is 5.00 Å². The van der Waals surface area contributed by atoms with Crippen LogP contribution in [0.5, 0.6) is 0 Å². The van der Waals surface area contributed by atoms with Crippen molar-refractivity contribution in [3.05, 3.63) is 105 Å². The molecule has 0 saturated carbocycles. The number of anilines is 1. The van der Waals surface area contributed by atoms with E-state index in [0.29, 0.717) is 6.54 Å². The molecule has 1 aliphatic carbocycles. The second-order valence-electron chi connectivity index (χ2n) is 9.55. The summed E-state index contributed by atoms with van der Waals surface area (Å²) in [6.07, 6.45) is 6.91. The first-order valence-corrected chi connectivity index (χ1v) is 12.9. The van der Waals surface area contributed by atoms with Crippen molar-refractivity contribution in [2.45, 2.75) is 52.1 Å². The van der Waals surface area contributed by atoms with Gasteiger partial charge in [-0.3, -0.25) is 0 Å². The molecule has 172 valence electrons. The van der Waals surface area contributed by atoms with Gasteiger partial charge in [0.2, 0.25) is 0 Å². The number of carbonyl (C=O) groups is 1. The van der Waals surface area contributed by atoms with Crippen LogP contribution in [-0.4, -0.2) is 15.5 Å². The lowest BCUT2D eigenvalue weighted by Gasteiger charge is -2.31. The first-order valence-electron chi connectivity index (χ1n) is 12.1. The summed E-state index contributed by atoms with van der Waals surface area (Å²) in [5, 5.41) is 4.51. The Morgan fingerprint density at radius 2 is 1.71 bits per heavy atom. The fourth-order valence-corrected chi connectivity index (χ4v) is 7.02. The van der Waals surface area contributed by atoms with Crippen LogP contribution >= 0.6 is 11.3 Å². The highest BCUT2D eigenvalue weighted by Crippen LogP contribution is 2.44. The molecule has 1 N–H and O–H groups in total. The average Bonchev–Trinajstić information content (AvgIpc) is 3.41. The van der Waals surface area contributed by atoms with E-state index in [2.05, 4.69) is 72.4 Å². The number of amides is 2. The van der Waals surface area contributed by atoms with E-state index in [0.717, 1.165) is 40.9 Å². The molecule has 0 bridgehead atoms. The number of thiophene rings is 1. The Hall–Kier alpha value is -3.31. The zero-order chi connectivity index (χ0) is 23.2. The highest BCUT2D eigenvalue weighted by molar-refractivity contribution is 7.15. The van der Waals surface area contributed by atoms with Crippen LogP contribution in [0.2, 0.25) is 0 Å². The van der Waals surface area contributed by atoms with Gasteiger partial charge >= 0.3 is 6.03 Å². The summed E-state index contributed by atoms with van der Waals surface area (Å²) in [5.41, 5.74) is 8.21. The van der Waals surface area contributed by atoms with Crippen LogP contribution in [0.3, 0.4) is 0 Å². The molecule has 4 nitrogen and oxygen atoms in total. The quantitative estimate of drug-likeness (QED) is 0.333. The first-order chi connectivity index (χ1) is 16.6. The zero-order valence-electron chi connectivity index (χ0n) is 19.7. The summed E-state index contributed by atoms with van der Waals surface area (Å²) in [6, 6.07) is 20.7. The van der Waals surface area contributed by atoms with Gasteiger partial charge < -0.3 is 14.8 Å². The third-order valence-electron chi connectivity index (χ3n) is 7.03. The predicted octanol–water partition coefficient (Wildman–Crippen LogP) is 7.17. The van der Waals surface area contributed by atoms with Crippen molar-refractivity contribution in [2.24, 2.45) is 0 Å². The molecule has 2 aromatic carbocycles. The SMILES string of the molecule is Cc1cc(C)cc(NC(=O)N2Cc3c(sc4c3CCCC4)-n3cccc3[C@H]2c2ccccc2)c1. The normalized spacial score (nSPS) is 16.9. The number of carbonyl (C=O) groups excluding carboxylic acids is 1. The van der Waals surface area contributed by atoms with Crippen LogP contribution in [0.15, 0.2) is 66.9 Å². The number of aromatic nitrogens is 1. The van der Waals surface area contributed by atoms with E-state index in [1.807, 2.05) is 34.4 Å². The van der Waals surface area contributed by atoms with Gasteiger partial charge in [-0.25, -0.2) is 4.79 Å². The number of nitrogens with one attached hydrogen (secondary N) is 1. The van der Waals surface area contributed by atoms with Crippen molar-refractivity contribution >= 4 is 23.1 Å². The van der Waals surface area contributed by atoms with Crippen molar-refractivity contribution in [2.75, 3.05) is 5.32 Å². The number of benzene rings is 2. The van der Waals surface area contributed by atoms with Crippen LogP contribution in [0.1, 0.15) is 57.3 Å². The van der Waals surface area contributed by atoms with E-state index in [4.69, 9.17) is 0 Å². The molecular weight excluding hydrogens is 438 g/mol. The molecule has 0 spiro atoms. The summed E-state index contributed by atoms with van der Waals surface area (Å²) >= 11 is 1.92. The van der Waals surface area contributed by atoms with Gasteiger partial charge in [0.15, 0.2) is 0 Å². The number of urea groups is 1. The third kappa shape index (κ3) is 3.64. The number of hydrogen-bond donors (Lipinski definition) is 1. The van der Waals surface area contributed by atoms with Crippen LogP contribution in [0, 0.1) is 13.8 Å². The minimum atomic E-state index is -0.166. The largest absolute Gasteiger partial charge is 0.322 e. The summed E-state index contributed by atoms with van der Waals surface area (Å²) < 4.78 is 2.33. The Bertz CT molecular complexity index is 1350. The van der Waals surface area contributed by atoms with Gasteiger partial charge in [-0.1, -0.05) is 36.4 Å². The van der Waals surface area contributed by atoms with E-state index in [-0.39, 0.29) is 12.1 Å². The second kappa shape index (κ2) is 8.48. The molecule has 1 atom stereocenters. The number of hydrogen-bond acceptors (Lipinski definition) is 2. The monoisotopic (exact) mass is 467 g/mol. The fourth-order valence-electron chi connectivity index (χ4n) is 5.61. The van der Waals surface area contributed by atoms with Gasteiger partial charge in [-0.2, -0.15) is 0 Å². The van der Waals surface area contributed by atoms with Gasteiger partial charge in [0.05, 0.1) is 18.3 Å². The standard InChI is InChI=1S/C29H29N3OS/c1-19-15-20(2)17-22(16-19)30-29(33)32-18-24-23-11-6-7-13-26(23)34-28(24)31-14-8-12-25(31)27(32)21-9-4-3-5-10-21/h3-5,8-10,12,14-17,27H,6-7,11,13,18H2,1-2H3,(H,30,33)/t27-/m1/s1. The van der Waals surface area contributed by atoms with Crippen LogP contribution in [-0.2, 0) is 19.4 Å². The molecule has 2 aliphatic rings. The van der Waals surface area contributed by atoms with Gasteiger partial charge in [0, 0.05) is 22.3 Å². The number of rotatable bonds is 2. The molecule has 34 heavy (non-hydrogen) atoms. The third-order valence-corrected chi connectivity index (χ3v) is 8.36. The molecule has 1 aliphatic heterocycles. The van der Waals surface area contributed by atoms with E-state index >= 15 is 0 Å². The lowest BCUT2D eigenvalue weighted by atomic mass is 9.95. The summed E-state index contributed by atoms with van der Waals surface area (Å²) in [5.74, 6) is 0. The molecule has 6 rings (SSSR count). The zero-order valence-corrected chi connectivity index (χ0v) is 20.5. The van der Waals surface area contributed by atoms with E-state index in [1.165, 1.54) is 33.8 Å². The lowest BCUT2D eigenvalue weighted by molar-refractivity contribution is 0.194. The molecule has 2 aromatic heterocycles. The molecule has 0 fully saturated rings. The predicted molar refractivity (Wildman–Crippen MR) is 139 cm³/mol. The van der Waals surface area contributed by atoms with Crippen molar-refractivity contribution in [1.29, 1.82) is 0 Å². The van der Waals surface area contributed by atoms with Crippen LogP contribution in [0.4, 0.5) is 10.5 Å². The topological polar surface area (TPSA) is 37.3 Å². The summed E-state index contributed by atoms with van der Waals surface area (Å²) in [6.45, 7) is 4.75. The maximum absolute atomic E-state index is 14.0. The minimum absolute atomic E-state index is 0.0600. The maximum Gasteiger partial charge on any atom is 0.322 e. The minimum Gasteiger partial charge on any atom is -0.310 e. The van der Waals surface area contributed by atoms with Crippen LogP contribution in [0.25, 0.3) is 5.00 Å². The second-order valence-corrected chi connectivity index (χ2v) is 10.6. The van der Waals surface area contributed by atoms with Crippen molar-refractivity contribution in [3.63, 3.8) is 0 Å². The molecule has 5 heteroatoms. The Kier molecular flexibility index (Phi) is 5.30. The molecule has 0 saturated heterocycles. The fraction of sp³-hybridized carbons (Fsp3) is 0.276. The summed E-state index contributed by atoms with van der Waals surface area (Å²) in [4.78, 5) is 17.5. The molecule has 4 aromatic rings. The van der Waals surface area contributed by atoms with Gasteiger partial charge in [-0.05, 0) is 86.1 Å². The molecular formula is C29H29N3OS. The highest BCUT2D eigenvalue weighted by atomic mass is 32.1. The van der Waals surface area contributed by atoms with Crippen molar-refractivity contribution < 1.29 is 4.79 Å². The number of aryl methyl sites for hydroxylation is 3. The van der Waals surface area contributed by atoms with Crippen molar-refractivity contribution in [1.82, 2.24) is 9.47 Å². The Morgan fingerprint density at radius 1 is 0.941 bits per heavy atom. The molecule has 0 unspecified atom stereocenters. The van der Waals surface area contributed by atoms with Crippen molar-refractivity contribution in [3.8, 4) is 5.00 Å².